The maximum absolute atomic E-state index is 13.0. The average molecular weight is 498 g/mol. The predicted octanol–water partition coefficient (Wildman–Crippen LogP) is 4.65. The first-order valence-corrected chi connectivity index (χ1v) is 10.6. The van der Waals surface area contributed by atoms with E-state index in [9.17, 15) is 22.8 Å². The van der Waals surface area contributed by atoms with Crippen molar-refractivity contribution in [3.05, 3.63) is 82.8 Å². The first-order chi connectivity index (χ1) is 17.1. The molecule has 2 aromatic carbocycles. The standard InChI is InChI=1S/C24H21F3N6O3/c1-13-7-8-15(22(34)32-36-3)9-19(13)31-21-20-14(2)18(11-33(20)29-12-28-21)23(35)30-17-6-4-5-16(10-17)24(25,26)27/h4-12H,1-3H3,(H,30,35)(H,32,34)(H,28,29,31). The number of rotatable bonds is 6. The molecule has 2 heterocycles. The molecule has 0 aliphatic rings. The van der Waals surface area contributed by atoms with Crippen LogP contribution in [0.5, 0.6) is 0 Å². The van der Waals surface area contributed by atoms with Gasteiger partial charge in [0.2, 0.25) is 0 Å². The van der Waals surface area contributed by atoms with Crippen molar-refractivity contribution in [2.75, 3.05) is 17.7 Å². The number of nitrogens with one attached hydrogen (secondary N) is 3. The molecule has 2 aromatic heterocycles. The number of amides is 2. The minimum absolute atomic E-state index is 0.00990. The van der Waals surface area contributed by atoms with E-state index < -0.39 is 23.6 Å². The fourth-order valence-electron chi connectivity index (χ4n) is 3.63. The summed E-state index contributed by atoms with van der Waals surface area (Å²) in [6.07, 6.45) is -1.77. The molecule has 0 bridgehead atoms. The zero-order valence-electron chi connectivity index (χ0n) is 19.4. The summed E-state index contributed by atoms with van der Waals surface area (Å²) >= 11 is 0. The van der Waals surface area contributed by atoms with E-state index in [4.69, 9.17) is 0 Å². The van der Waals surface area contributed by atoms with Crippen LogP contribution in [0.2, 0.25) is 0 Å². The number of benzene rings is 2. The smallest absolute Gasteiger partial charge is 0.338 e. The van der Waals surface area contributed by atoms with Gasteiger partial charge in [-0.1, -0.05) is 12.1 Å². The number of hydrogen-bond donors (Lipinski definition) is 3. The van der Waals surface area contributed by atoms with Gasteiger partial charge in [-0.2, -0.15) is 18.3 Å². The van der Waals surface area contributed by atoms with Crippen LogP contribution in [0, 0.1) is 13.8 Å². The predicted molar refractivity (Wildman–Crippen MR) is 126 cm³/mol. The Bertz CT molecular complexity index is 1470. The van der Waals surface area contributed by atoms with Gasteiger partial charge in [0.1, 0.15) is 11.8 Å². The van der Waals surface area contributed by atoms with Crippen LogP contribution in [-0.4, -0.2) is 33.5 Å². The third-order valence-electron chi connectivity index (χ3n) is 5.47. The van der Waals surface area contributed by atoms with Gasteiger partial charge in [-0.25, -0.2) is 15.0 Å². The SMILES string of the molecule is CONC(=O)c1ccc(C)c(Nc2ncnn3cc(C(=O)Nc4cccc(C(F)(F)F)c4)c(C)c23)c1. The van der Waals surface area contributed by atoms with E-state index in [2.05, 4.69) is 31.0 Å². The zero-order valence-corrected chi connectivity index (χ0v) is 19.4. The lowest BCUT2D eigenvalue weighted by Gasteiger charge is -2.12. The number of fused-ring (bicyclic) bond motifs is 1. The van der Waals surface area contributed by atoms with Crippen molar-refractivity contribution in [3.8, 4) is 0 Å². The van der Waals surface area contributed by atoms with Gasteiger partial charge in [0.15, 0.2) is 5.82 Å². The molecule has 0 fully saturated rings. The van der Waals surface area contributed by atoms with Crippen LogP contribution in [0.3, 0.4) is 0 Å². The van der Waals surface area contributed by atoms with Gasteiger partial charge in [0.05, 0.1) is 18.2 Å². The highest BCUT2D eigenvalue weighted by molar-refractivity contribution is 6.07. The third-order valence-corrected chi connectivity index (χ3v) is 5.47. The minimum Gasteiger partial charge on any atom is -0.338 e. The summed E-state index contributed by atoms with van der Waals surface area (Å²) in [6, 6.07) is 9.41. The van der Waals surface area contributed by atoms with Crippen molar-refractivity contribution in [3.63, 3.8) is 0 Å². The fraction of sp³-hybridized carbons (Fsp3) is 0.167. The van der Waals surface area contributed by atoms with Crippen LogP contribution in [-0.2, 0) is 11.0 Å². The number of nitrogens with zero attached hydrogens (tertiary/aromatic N) is 3. The summed E-state index contributed by atoms with van der Waals surface area (Å²) in [4.78, 5) is 34.0. The number of anilines is 3. The van der Waals surface area contributed by atoms with Crippen LogP contribution in [0.15, 0.2) is 55.0 Å². The molecule has 12 heteroatoms. The van der Waals surface area contributed by atoms with Crippen molar-refractivity contribution < 1.29 is 27.6 Å². The monoisotopic (exact) mass is 498 g/mol. The molecule has 0 spiro atoms. The second-order valence-electron chi connectivity index (χ2n) is 7.89. The Morgan fingerprint density at radius 3 is 2.56 bits per heavy atom. The quantitative estimate of drug-likeness (QED) is 0.334. The molecular weight excluding hydrogens is 477 g/mol. The van der Waals surface area contributed by atoms with Crippen LogP contribution in [0.4, 0.5) is 30.4 Å². The molecule has 36 heavy (non-hydrogen) atoms. The molecule has 0 radical (unpaired) electrons. The minimum atomic E-state index is -4.53. The van der Waals surface area contributed by atoms with Gasteiger partial charge >= 0.3 is 6.18 Å². The highest BCUT2D eigenvalue weighted by Gasteiger charge is 2.30. The van der Waals surface area contributed by atoms with E-state index in [0.717, 1.165) is 17.7 Å². The summed E-state index contributed by atoms with van der Waals surface area (Å²) < 4.78 is 40.5. The van der Waals surface area contributed by atoms with E-state index in [-0.39, 0.29) is 11.3 Å². The number of aromatic nitrogens is 3. The third kappa shape index (κ3) is 4.98. The lowest BCUT2D eigenvalue weighted by Crippen LogP contribution is -2.21. The van der Waals surface area contributed by atoms with Crippen molar-refractivity contribution in [1.29, 1.82) is 0 Å². The Kier molecular flexibility index (Phi) is 6.62. The van der Waals surface area contributed by atoms with Gasteiger partial charge in [0.25, 0.3) is 11.8 Å². The number of alkyl halides is 3. The number of aryl methyl sites for hydroxylation is 2. The van der Waals surface area contributed by atoms with Crippen LogP contribution >= 0.6 is 0 Å². The highest BCUT2D eigenvalue weighted by Crippen LogP contribution is 2.31. The molecule has 4 rings (SSSR count). The number of hydroxylamine groups is 1. The summed E-state index contributed by atoms with van der Waals surface area (Å²) in [7, 11) is 1.33. The Morgan fingerprint density at radius 2 is 1.83 bits per heavy atom. The Labute approximate surface area is 203 Å². The maximum Gasteiger partial charge on any atom is 0.416 e. The Balaban J connectivity index is 1.66. The summed E-state index contributed by atoms with van der Waals surface area (Å²) in [5.41, 5.74) is 4.37. The van der Waals surface area contributed by atoms with E-state index in [1.54, 1.807) is 25.1 Å². The molecule has 0 atom stereocenters. The topological polar surface area (TPSA) is 110 Å². The normalized spacial score (nSPS) is 11.4. The highest BCUT2D eigenvalue weighted by atomic mass is 19.4. The van der Waals surface area contributed by atoms with E-state index >= 15 is 0 Å². The van der Waals surface area contributed by atoms with Gasteiger partial charge < -0.3 is 10.6 Å². The summed E-state index contributed by atoms with van der Waals surface area (Å²) in [6.45, 7) is 3.53. The lowest BCUT2D eigenvalue weighted by atomic mass is 10.1. The Hall–Kier alpha value is -4.45. The molecule has 4 aromatic rings. The largest absolute Gasteiger partial charge is 0.416 e. The molecule has 9 nitrogen and oxygen atoms in total. The van der Waals surface area contributed by atoms with Gasteiger partial charge in [-0.3, -0.25) is 14.4 Å². The number of halogens is 3. The van der Waals surface area contributed by atoms with Crippen LogP contribution in [0.25, 0.3) is 5.52 Å². The second kappa shape index (κ2) is 9.66. The molecule has 186 valence electrons. The average Bonchev–Trinajstić information content (AvgIpc) is 3.18. The molecule has 0 aliphatic carbocycles. The molecule has 2 amide bonds. The molecule has 0 saturated carbocycles. The molecule has 0 unspecified atom stereocenters. The molecular formula is C24H21F3N6O3. The lowest BCUT2D eigenvalue weighted by molar-refractivity contribution is -0.137. The van der Waals surface area contributed by atoms with Crippen LogP contribution in [0.1, 0.15) is 37.4 Å². The maximum atomic E-state index is 13.0. The second-order valence-corrected chi connectivity index (χ2v) is 7.89. The van der Waals surface area contributed by atoms with E-state index in [1.807, 2.05) is 6.92 Å². The van der Waals surface area contributed by atoms with Gasteiger partial charge in [-0.15, -0.1) is 0 Å². The number of hydrogen-bond acceptors (Lipinski definition) is 6. The fourth-order valence-corrected chi connectivity index (χ4v) is 3.63. The number of carbonyl (C=O) groups excluding carboxylic acids is 2. The molecule has 0 aliphatic heterocycles. The number of carbonyl (C=O) groups is 2. The van der Waals surface area contributed by atoms with Gasteiger partial charge in [-0.05, 0) is 55.3 Å². The van der Waals surface area contributed by atoms with Crippen molar-refractivity contribution >= 4 is 34.5 Å². The van der Waals surface area contributed by atoms with Crippen molar-refractivity contribution in [2.24, 2.45) is 0 Å². The summed E-state index contributed by atoms with van der Waals surface area (Å²) in [5, 5.41) is 9.83. The van der Waals surface area contributed by atoms with E-state index in [0.29, 0.717) is 28.1 Å². The van der Waals surface area contributed by atoms with Crippen molar-refractivity contribution in [1.82, 2.24) is 20.1 Å². The van der Waals surface area contributed by atoms with Crippen molar-refractivity contribution in [2.45, 2.75) is 20.0 Å². The zero-order chi connectivity index (χ0) is 26.0. The first kappa shape index (κ1) is 24.7. The molecule has 3 N–H and O–H groups in total. The van der Waals surface area contributed by atoms with Crippen LogP contribution < -0.4 is 16.1 Å². The first-order valence-electron chi connectivity index (χ1n) is 10.6. The summed E-state index contributed by atoms with van der Waals surface area (Å²) in [5.74, 6) is -0.661. The Morgan fingerprint density at radius 1 is 1.06 bits per heavy atom. The molecule has 0 saturated heterocycles. The van der Waals surface area contributed by atoms with Gasteiger partial charge in [0, 0.05) is 23.1 Å². The van der Waals surface area contributed by atoms with E-state index in [1.165, 1.54) is 36.3 Å².